The molecule has 6 aliphatic carbocycles. The third-order valence-electron chi connectivity index (χ3n) is 19.8. The molecule has 8 nitrogen and oxygen atoms in total. The molecule has 6 saturated carbocycles. The number of likely N-dealkylation sites (tertiary alicyclic amines) is 1. The van der Waals surface area contributed by atoms with Gasteiger partial charge in [0.05, 0.1) is 36.2 Å². The molecule has 7 aliphatic rings. The maximum absolute atomic E-state index is 15.7. The van der Waals surface area contributed by atoms with Crippen LogP contribution < -0.4 is 0 Å². The number of nitrogens with zero attached hydrogens (tertiary/aromatic N) is 2. The molecule has 8 heteroatoms. The van der Waals surface area contributed by atoms with Gasteiger partial charge < -0.3 is 19.7 Å². The number of carbonyl (C=O) groups is 3. The van der Waals surface area contributed by atoms with Crippen molar-refractivity contribution in [2.24, 2.45) is 67.5 Å². The molecule has 1 saturated heterocycles. The van der Waals surface area contributed by atoms with Crippen LogP contribution >= 0.6 is 0 Å². The number of hydrogen-bond donors (Lipinski definition) is 2. The Balaban J connectivity index is 0.980. The third-order valence-corrected chi connectivity index (χ3v) is 19.8. The van der Waals surface area contributed by atoms with Gasteiger partial charge in [-0.2, -0.15) is 0 Å². The number of fused-ring (bicyclic) bond motifs is 7. The van der Waals surface area contributed by atoms with Crippen LogP contribution in [0.25, 0.3) is 11.3 Å². The van der Waals surface area contributed by atoms with Gasteiger partial charge in [0.1, 0.15) is 11.9 Å². The fraction of sp³-hybridized carbons (Fsp3) is 0.765. The molecule has 11 atom stereocenters. The summed E-state index contributed by atoms with van der Waals surface area (Å²) in [4.78, 5) is 51.4. The first kappa shape index (κ1) is 41.2. The predicted octanol–water partition coefficient (Wildman–Crippen LogP) is 11.4. The standard InChI is InChI=1S/C51H73N3O5/c1-45(2,29-40(55)56)30-41(57)59-39-20-21-48(6)37(46(39,3)4)19-22-50(8)38(48)17-16-34-42-33(47(5)24-25-47)18-23-51(42,27-26-49(34,50)7)44(58)54-28-12-15-36(54)43-52-31-35(53-43)32-13-10-9-11-14-32/h9-11,13-14,31,33-34,36-39,42H,12,15-30H2,1-8H3,(H,52,53)(H,55,56)/t33?,34-,36+,37+,38-,39+,42-,48+,49-,50-,51+/m1/s1. The van der Waals surface area contributed by atoms with Gasteiger partial charge in [-0.05, 0) is 152 Å². The van der Waals surface area contributed by atoms with Crippen molar-refractivity contribution in [3.63, 3.8) is 0 Å². The Morgan fingerprint density at radius 1 is 0.814 bits per heavy atom. The zero-order chi connectivity index (χ0) is 42.0. The maximum atomic E-state index is 15.7. The Kier molecular flexibility index (Phi) is 9.73. The summed E-state index contributed by atoms with van der Waals surface area (Å²) in [5.74, 6) is 2.86. The number of carbonyl (C=O) groups excluding carboxylic acids is 2. The lowest BCUT2D eigenvalue weighted by atomic mass is 9.32. The van der Waals surface area contributed by atoms with Crippen LogP contribution in [0.3, 0.4) is 0 Å². The molecule has 1 aromatic carbocycles. The van der Waals surface area contributed by atoms with E-state index in [9.17, 15) is 14.7 Å². The van der Waals surface area contributed by atoms with E-state index in [1.54, 1.807) is 0 Å². The third kappa shape index (κ3) is 6.30. The Bertz CT molecular complexity index is 1970. The molecule has 2 aromatic rings. The summed E-state index contributed by atoms with van der Waals surface area (Å²) < 4.78 is 6.34. The number of carboxylic acid groups (broad SMARTS) is 1. The number of aliphatic carboxylic acids is 1. The fourth-order valence-corrected chi connectivity index (χ4v) is 16.4. The van der Waals surface area contributed by atoms with Crippen molar-refractivity contribution in [1.82, 2.24) is 14.9 Å². The molecule has 59 heavy (non-hydrogen) atoms. The van der Waals surface area contributed by atoms with Crippen molar-refractivity contribution in [2.45, 2.75) is 170 Å². The summed E-state index contributed by atoms with van der Waals surface area (Å²) in [5, 5.41) is 9.42. The Morgan fingerprint density at radius 2 is 1.56 bits per heavy atom. The van der Waals surface area contributed by atoms with Gasteiger partial charge in [0.25, 0.3) is 0 Å². The highest BCUT2D eigenvalue weighted by Gasteiger charge is 2.74. The average molecular weight is 808 g/mol. The monoisotopic (exact) mass is 808 g/mol. The number of aromatic amines is 1. The summed E-state index contributed by atoms with van der Waals surface area (Å²) in [7, 11) is 0. The number of aromatic nitrogens is 2. The van der Waals surface area contributed by atoms with Gasteiger partial charge in [0.15, 0.2) is 0 Å². The lowest BCUT2D eigenvalue weighted by molar-refractivity contribution is -0.251. The number of benzene rings is 1. The van der Waals surface area contributed by atoms with Crippen molar-refractivity contribution < 1.29 is 24.2 Å². The molecule has 7 fully saturated rings. The molecule has 1 unspecified atom stereocenters. The van der Waals surface area contributed by atoms with E-state index < -0.39 is 11.4 Å². The molecule has 2 N–H and O–H groups in total. The number of imidazole rings is 1. The van der Waals surface area contributed by atoms with Crippen LogP contribution in [-0.2, 0) is 19.1 Å². The van der Waals surface area contributed by atoms with Gasteiger partial charge in [0.2, 0.25) is 5.91 Å². The van der Waals surface area contributed by atoms with Crippen LogP contribution in [0.1, 0.15) is 170 Å². The van der Waals surface area contributed by atoms with E-state index >= 15 is 4.79 Å². The molecular weight excluding hydrogens is 735 g/mol. The zero-order valence-electron chi connectivity index (χ0n) is 37.5. The largest absolute Gasteiger partial charge is 0.481 e. The van der Waals surface area contributed by atoms with Gasteiger partial charge in [-0.3, -0.25) is 14.4 Å². The van der Waals surface area contributed by atoms with Gasteiger partial charge in [-0.15, -0.1) is 0 Å². The minimum atomic E-state index is -0.881. The first-order valence-corrected chi connectivity index (χ1v) is 23.6. The van der Waals surface area contributed by atoms with E-state index in [1.807, 2.05) is 26.1 Å². The molecule has 9 rings (SSSR count). The predicted molar refractivity (Wildman–Crippen MR) is 230 cm³/mol. The number of rotatable bonds is 9. The van der Waals surface area contributed by atoms with Crippen molar-refractivity contribution in [1.29, 1.82) is 0 Å². The smallest absolute Gasteiger partial charge is 0.306 e. The van der Waals surface area contributed by atoms with Crippen molar-refractivity contribution >= 4 is 17.8 Å². The van der Waals surface area contributed by atoms with E-state index in [1.165, 1.54) is 38.5 Å². The van der Waals surface area contributed by atoms with Crippen molar-refractivity contribution in [3.8, 4) is 11.3 Å². The zero-order valence-corrected chi connectivity index (χ0v) is 37.5. The molecular formula is C51H73N3O5. The first-order valence-electron chi connectivity index (χ1n) is 23.6. The Hall–Kier alpha value is -3.16. The quantitative estimate of drug-likeness (QED) is 0.244. The highest BCUT2D eigenvalue weighted by atomic mass is 16.5. The molecule has 2 heterocycles. The summed E-state index contributed by atoms with van der Waals surface area (Å²) >= 11 is 0. The topological polar surface area (TPSA) is 113 Å². The Labute approximate surface area is 353 Å². The van der Waals surface area contributed by atoms with Crippen LogP contribution in [0, 0.1) is 67.5 Å². The van der Waals surface area contributed by atoms with Crippen LogP contribution in [-0.4, -0.2) is 50.5 Å². The van der Waals surface area contributed by atoms with E-state index in [-0.39, 0.29) is 58.0 Å². The number of hydrogen-bond acceptors (Lipinski definition) is 5. The van der Waals surface area contributed by atoms with Gasteiger partial charge in [-0.1, -0.05) is 85.7 Å². The van der Waals surface area contributed by atoms with Crippen molar-refractivity contribution in [3.05, 3.63) is 42.4 Å². The van der Waals surface area contributed by atoms with E-state index in [2.05, 4.69) is 75.7 Å². The van der Waals surface area contributed by atoms with Gasteiger partial charge in [0, 0.05) is 12.0 Å². The molecule has 1 amide bonds. The van der Waals surface area contributed by atoms with Crippen LogP contribution in [0.2, 0.25) is 0 Å². The molecule has 0 bridgehead atoms. The number of carboxylic acids is 1. The number of amides is 1. The van der Waals surface area contributed by atoms with E-state index in [0.29, 0.717) is 40.9 Å². The number of esters is 1. The SMILES string of the molecule is CC(C)(CC(=O)O)CC(=O)O[C@H]1CC[C@]2(C)[C@H]3CC[C@@H]4[C@H]5C(C6(C)CC6)CC[C@]5(C(=O)N5CCC[C@H]5c5ncc(-c6ccccc6)[nH]5)CC[C@@]4(C)[C@]3(C)CC[C@H]2C1(C)C. The van der Waals surface area contributed by atoms with E-state index in [0.717, 1.165) is 75.0 Å². The van der Waals surface area contributed by atoms with Gasteiger partial charge in [-0.25, -0.2) is 4.98 Å². The van der Waals surface area contributed by atoms with Crippen LogP contribution in [0.4, 0.5) is 0 Å². The van der Waals surface area contributed by atoms with Crippen LogP contribution in [0.15, 0.2) is 36.5 Å². The van der Waals surface area contributed by atoms with Crippen LogP contribution in [0.5, 0.6) is 0 Å². The molecule has 0 spiro atoms. The second kappa shape index (κ2) is 13.9. The summed E-state index contributed by atoms with van der Waals surface area (Å²) in [6.45, 7) is 19.8. The van der Waals surface area contributed by atoms with E-state index in [4.69, 9.17) is 9.72 Å². The fourth-order valence-electron chi connectivity index (χ4n) is 16.4. The second-order valence-corrected chi connectivity index (χ2v) is 23.6. The minimum Gasteiger partial charge on any atom is -0.481 e. The number of H-pyrrole nitrogens is 1. The first-order chi connectivity index (χ1) is 27.8. The van der Waals surface area contributed by atoms with Gasteiger partial charge >= 0.3 is 11.9 Å². The summed E-state index contributed by atoms with van der Waals surface area (Å²) in [6.07, 6.45) is 17.5. The lowest BCUT2D eigenvalue weighted by Crippen LogP contribution is -2.67. The highest BCUT2D eigenvalue weighted by molar-refractivity contribution is 5.84. The normalized spacial score (nSPS) is 40.6. The minimum absolute atomic E-state index is 0.0105. The molecule has 1 aliphatic heterocycles. The summed E-state index contributed by atoms with van der Waals surface area (Å²) in [5.41, 5.74) is 1.89. The highest BCUT2D eigenvalue weighted by Crippen LogP contribution is 2.79. The number of nitrogens with one attached hydrogen (secondary N) is 1. The summed E-state index contributed by atoms with van der Waals surface area (Å²) in [6, 6.07) is 10.4. The maximum Gasteiger partial charge on any atom is 0.306 e. The second-order valence-electron chi connectivity index (χ2n) is 23.6. The lowest BCUT2D eigenvalue weighted by Gasteiger charge is -2.73. The molecule has 1 aromatic heterocycles. The Morgan fingerprint density at radius 3 is 2.27 bits per heavy atom. The average Bonchev–Trinajstić information content (AvgIpc) is 3.56. The molecule has 0 radical (unpaired) electrons. The number of ether oxygens (including phenoxy) is 1. The molecule has 322 valence electrons. The van der Waals surface area contributed by atoms with Crippen molar-refractivity contribution in [2.75, 3.05) is 6.54 Å².